The summed E-state index contributed by atoms with van der Waals surface area (Å²) in [6.45, 7) is 3.94. The van der Waals surface area contributed by atoms with Crippen LogP contribution >= 0.6 is 15.9 Å². The number of allylic oxidation sites excluding steroid dienone is 2. The van der Waals surface area contributed by atoms with Crippen LogP contribution in [0.3, 0.4) is 0 Å². The average Bonchev–Trinajstić information content (AvgIpc) is 2.57. The molecule has 2 aromatic rings. The van der Waals surface area contributed by atoms with E-state index in [1.54, 1.807) is 14.2 Å². The molecule has 0 aliphatic rings. The highest BCUT2D eigenvalue weighted by atomic mass is 79.9. The first kappa shape index (κ1) is 16.4. The zero-order valence-corrected chi connectivity index (χ0v) is 14.3. The quantitative estimate of drug-likeness (QED) is 0.639. The second kappa shape index (κ2) is 7.85. The molecule has 0 radical (unpaired) electrons. The molecule has 2 nitrogen and oxygen atoms in total. The average molecular weight is 359 g/mol. The molecule has 0 bridgehead atoms. The van der Waals surface area contributed by atoms with Crippen molar-refractivity contribution in [3.8, 4) is 11.5 Å². The summed E-state index contributed by atoms with van der Waals surface area (Å²) in [5, 5.41) is 0. The summed E-state index contributed by atoms with van der Waals surface area (Å²) < 4.78 is 11.8. The first-order chi connectivity index (χ1) is 10.7. The van der Waals surface area contributed by atoms with Crippen molar-refractivity contribution < 1.29 is 9.47 Å². The number of halogens is 1. The van der Waals surface area contributed by atoms with Gasteiger partial charge in [0.05, 0.1) is 14.2 Å². The minimum Gasteiger partial charge on any atom is -0.497 e. The van der Waals surface area contributed by atoms with Gasteiger partial charge in [-0.25, -0.2) is 0 Å². The van der Waals surface area contributed by atoms with Crippen molar-refractivity contribution >= 4 is 22.0 Å². The van der Waals surface area contributed by atoms with Gasteiger partial charge in [-0.2, -0.15) is 0 Å². The summed E-state index contributed by atoms with van der Waals surface area (Å²) in [5.74, 6) is 1.63. The minimum atomic E-state index is 0.0629. The number of hydrogen-bond acceptors (Lipinski definition) is 2. The SMILES string of the molecule is C=CC(/C=C/c1ccccc1Br)c1ccc(OC)cc1OC. The molecule has 114 valence electrons. The Labute approximate surface area is 140 Å². The van der Waals surface area contributed by atoms with Gasteiger partial charge in [-0.3, -0.25) is 0 Å². The zero-order chi connectivity index (χ0) is 15.9. The molecule has 2 rings (SSSR count). The van der Waals surface area contributed by atoms with Crippen LogP contribution in [0.5, 0.6) is 11.5 Å². The van der Waals surface area contributed by atoms with Gasteiger partial charge in [0.2, 0.25) is 0 Å². The van der Waals surface area contributed by atoms with E-state index < -0.39 is 0 Å². The fourth-order valence-electron chi connectivity index (χ4n) is 2.22. The summed E-state index contributed by atoms with van der Waals surface area (Å²) in [7, 11) is 3.31. The molecule has 0 aromatic heterocycles. The first-order valence-electron chi connectivity index (χ1n) is 6.96. The maximum Gasteiger partial charge on any atom is 0.126 e. The van der Waals surface area contributed by atoms with Gasteiger partial charge in [0.15, 0.2) is 0 Å². The van der Waals surface area contributed by atoms with Crippen LogP contribution in [0.1, 0.15) is 17.0 Å². The third-order valence-corrected chi connectivity index (χ3v) is 4.16. The molecule has 0 N–H and O–H groups in total. The number of rotatable bonds is 6. The lowest BCUT2D eigenvalue weighted by atomic mass is 9.96. The molecule has 3 heteroatoms. The van der Waals surface area contributed by atoms with Crippen LogP contribution in [-0.4, -0.2) is 14.2 Å². The second-order valence-electron chi connectivity index (χ2n) is 4.75. The van der Waals surface area contributed by atoms with Gasteiger partial charge in [0.25, 0.3) is 0 Å². The smallest absolute Gasteiger partial charge is 0.126 e. The van der Waals surface area contributed by atoms with Gasteiger partial charge in [-0.15, -0.1) is 6.58 Å². The maximum absolute atomic E-state index is 5.48. The largest absolute Gasteiger partial charge is 0.497 e. The Morgan fingerprint density at radius 1 is 1.09 bits per heavy atom. The van der Waals surface area contributed by atoms with Crippen molar-refractivity contribution in [2.45, 2.75) is 5.92 Å². The van der Waals surface area contributed by atoms with Crippen LogP contribution in [0.15, 0.2) is 65.7 Å². The van der Waals surface area contributed by atoms with E-state index in [4.69, 9.17) is 9.47 Å². The number of ether oxygens (including phenoxy) is 2. The Morgan fingerprint density at radius 2 is 1.86 bits per heavy atom. The van der Waals surface area contributed by atoms with Crippen LogP contribution in [0.4, 0.5) is 0 Å². The summed E-state index contributed by atoms with van der Waals surface area (Å²) in [6, 6.07) is 13.9. The predicted molar refractivity (Wildman–Crippen MR) is 95.7 cm³/mol. The molecule has 0 saturated carbocycles. The van der Waals surface area contributed by atoms with Crippen molar-refractivity contribution in [2.75, 3.05) is 14.2 Å². The van der Waals surface area contributed by atoms with E-state index in [1.165, 1.54) is 0 Å². The van der Waals surface area contributed by atoms with Crippen LogP contribution in [0, 0.1) is 0 Å². The Balaban J connectivity index is 2.32. The predicted octanol–water partition coefficient (Wildman–Crippen LogP) is 5.45. The topological polar surface area (TPSA) is 18.5 Å². The fraction of sp³-hybridized carbons (Fsp3) is 0.158. The van der Waals surface area contributed by atoms with E-state index in [9.17, 15) is 0 Å². The molecule has 0 spiro atoms. The first-order valence-corrected chi connectivity index (χ1v) is 7.76. The van der Waals surface area contributed by atoms with Crippen molar-refractivity contribution in [1.29, 1.82) is 0 Å². The highest BCUT2D eigenvalue weighted by molar-refractivity contribution is 9.10. The standard InChI is InChI=1S/C19H19BrO2/c1-4-14(9-10-15-7-5-6-8-18(15)20)17-12-11-16(21-2)13-19(17)22-3/h4-14H,1H2,2-3H3/b10-9+. The van der Waals surface area contributed by atoms with Gasteiger partial charge in [0, 0.05) is 22.0 Å². The monoisotopic (exact) mass is 358 g/mol. The molecular formula is C19H19BrO2. The maximum atomic E-state index is 5.48. The number of benzene rings is 2. The third kappa shape index (κ3) is 3.80. The molecule has 1 atom stereocenters. The summed E-state index contributed by atoms with van der Waals surface area (Å²) >= 11 is 3.55. The van der Waals surface area contributed by atoms with E-state index >= 15 is 0 Å². The molecule has 0 aliphatic heterocycles. The number of methoxy groups -OCH3 is 2. The molecule has 22 heavy (non-hydrogen) atoms. The van der Waals surface area contributed by atoms with Gasteiger partial charge < -0.3 is 9.47 Å². The third-order valence-electron chi connectivity index (χ3n) is 3.44. The molecule has 0 fully saturated rings. The van der Waals surface area contributed by atoms with Gasteiger partial charge in [-0.1, -0.05) is 58.4 Å². The van der Waals surface area contributed by atoms with Crippen LogP contribution in [0.2, 0.25) is 0 Å². The number of hydrogen-bond donors (Lipinski definition) is 0. The van der Waals surface area contributed by atoms with Crippen molar-refractivity contribution in [3.63, 3.8) is 0 Å². The van der Waals surface area contributed by atoms with Gasteiger partial charge >= 0.3 is 0 Å². The highest BCUT2D eigenvalue weighted by Gasteiger charge is 2.11. The van der Waals surface area contributed by atoms with E-state index in [0.29, 0.717) is 0 Å². The molecule has 0 saturated heterocycles. The van der Waals surface area contributed by atoms with E-state index in [-0.39, 0.29) is 5.92 Å². The minimum absolute atomic E-state index is 0.0629. The van der Waals surface area contributed by atoms with E-state index in [2.05, 4.69) is 40.7 Å². The summed E-state index contributed by atoms with van der Waals surface area (Å²) in [5.41, 5.74) is 2.18. The lowest BCUT2D eigenvalue weighted by Crippen LogP contribution is -1.97. The van der Waals surface area contributed by atoms with Crippen LogP contribution in [-0.2, 0) is 0 Å². The second-order valence-corrected chi connectivity index (χ2v) is 5.60. The van der Waals surface area contributed by atoms with Gasteiger partial charge in [-0.05, 0) is 17.7 Å². The van der Waals surface area contributed by atoms with Crippen molar-refractivity contribution in [3.05, 3.63) is 76.8 Å². The molecule has 1 unspecified atom stereocenters. The van der Waals surface area contributed by atoms with Crippen LogP contribution < -0.4 is 9.47 Å². The van der Waals surface area contributed by atoms with Gasteiger partial charge in [0.1, 0.15) is 11.5 Å². The Hall–Kier alpha value is -2.00. The normalized spacial score (nSPS) is 12.1. The lowest BCUT2D eigenvalue weighted by molar-refractivity contribution is 0.391. The van der Waals surface area contributed by atoms with Crippen LogP contribution in [0.25, 0.3) is 6.08 Å². The Bertz CT molecular complexity index is 677. The molecule has 0 aliphatic carbocycles. The van der Waals surface area contributed by atoms with Crippen molar-refractivity contribution in [2.24, 2.45) is 0 Å². The fourth-order valence-corrected chi connectivity index (χ4v) is 2.64. The summed E-state index contributed by atoms with van der Waals surface area (Å²) in [6.07, 6.45) is 6.09. The molecule has 0 amide bonds. The van der Waals surface area contributed by atoms with Crippen molar-refractivity contribution in [1.82, 2.24) is 0 Å². The molecule has 2 aromatic carbocycles. The Morgan fingerprint density at radius 3 is 2.50 bits per heavy atom. The molecule has 0 heterocycles. The zero-order valence-electron chi connectivity index (χ0n) is 12.8. The van der Waals surface area contributed by atoms with E-state index in [0.717, 1.165) is 27.1 Å². The Kier molecular flexibility index (Phi) is 5.84. The van der Waals surface area contributed by atoms with E-state index in [1.807, 2.05) is 42.5 Å². The molecular weight excluding hydrogens is 340 g/mol. The summed E-state index contributed by atoms with van der Waals surface area (Å²) in [4.78, 5) is 0. The lowest BCUT2D eigenvalue weighted by Gasteiger charge is -2.14. The highest BCUT2D eigenvalue weighted by Crippen LogP contribution is 2.32.